The van der Waals surface area contributed by atoms with Crippen LogP contribution in [0.2, 0.25) is 0 Å². The first-order chi connectivity index (χ1) is 13.8. The summed E-state index contributed by atoms with van der Waals surface area (Å²) in [6.45, 7) is 1.31. The Hall–Kier alpha value is -2.27. The van der Waals surface area contributed by atoms with E-state index in [1.807, 2.05) is 24.3 Å². The molecule has 0 saturated carbocycles. The number of nitrogens with zero attached hydrogens (tertiary/aromatic N) is 4. The Morgan fingerprint density at radius 3 is 2.75 bits per heavy atom. The van der Waals surface area contributed by atoms with Crippen LogP contribution in [0.4, 0.5) is 5.13 Å². The molecule has 0 atom stereocenters. The van der Waals surface area contributed by atoms with Crippen LogP contribution in [0.15, 0.2) is 45.3 Å². The normalized spacial score (nSPS) is 11.1. The van der Waals surface area contributed by atoms with Gasteiger partial charge in [-0.15, -0.1) is 21.5 Å². The summed E-state index contributed by atoms with van der Waals surface area (Å²) in [6.07, 6.45) is 1.59. The second-order valence-electron chi connectivity index (χ2n) is 5.63. The Morgan fingerprint density at radius 1 is 1.11 bits per heavy atom. The van der Waals surface area contributed by atoms with Gasteiger partial charge in [0.25, 0.3) is 0 Å². The van der Waals surface area contributed by atoms with Crippen LogP contribution in [0.25, 0.3) is 21.3 Å². The number of hydrogen-bond donors (Lipinski definition) is 1. The Bertz CT molecular complexity index is 1060. The summed E-state index contributed by atoms with van der Waals surface area (Å²) in [6, 6.07) is 8.01. The van der Waals surface area contributed by atoms with E-state index >= 15 is 0 Å². The average Bonchev–Trinajstić information content (AvgIpc) is 3.36. The van der Waals surface area contributed by atoms with Gasteiger partial charge >= 0.3 is 0 Å². The molecule has 4 rings (SSSR count). The minimum Gasteiger partial charge on any atom is -0.497 e. The summed E-state index contributed by atoms with van der Waals surface area (Å²) in [5.41, 5.74) is 2.21. The van der Waals surface area contributed by atoms with E-state index < -0.39 is 0 Å². The molecule has 4 aromatic rings. The first-order valence-electron chi connectivity index (χ1n) is 8.39. The number of hydrogen-bond acceptors (Lipinski definition) is 10. The third-order valence-electron chi connectivity index (χ3n) is 3.91. The maximum absolute atomic E-state index is 5.26. The van der Waals surface area contributed by atoms with Crippen molar-refractivity contribution in [2.75, 3.05) is 32.7 Å². The van der Waals surface area contributed by atoms with Crippen molar-refractivity contribution in [3.8, 4) is 16.9 Å². The molecule has 144 valence electrons. The molecule has 0 bridgehead atoms. The molecular formula is C18H17N5O2S3. The van der Waals surface area contributed by atoms with Gasteiger partial charge in [-0.3, -0.25) is 0 Å². The van der Waals surface area contributed by atoms with Crippen LogP contribution >= 0.6 is 34.4 Å². The molecule has 3 heterocycles. The highest BCUT2D eigenvalue weighted by Gasteiger charge is 2.16. The predicted octanol–water partition coefficient (Wildman–Crippen LogP) is 4.43. The molecule has 0 unspecified atom stereocenters. The van der Waals surface area contributed by atoms with E-state index in [4.69, 9.17) is 9.47 Å². The first kappa shape index (κ1) is 19.1. The van der Waals surface area contributed by atoms with Gasteiger partial charge in [0.05, 0.1) is 19.1 Å². The van der Waals surface area contributed by atoms with Crippen LogP contribution in [-0.4, -0.2) is 47.5 Å². The lowest BCUT2D eigenvalue weighted by Crippen LogP contribution is -2.06. The number of methoxy groups -OCH3 is 2. The van der Waals surface area contributed by atoms with Crippen molar-refractivity contribution in [3.05, 3.63) is 36.0 Å². The van der Waals surface area contributed by atoms with Crippen LogP contribution in [0.5, 0.6) is 5.75 Å². The molecule has 0 amide bonds. The molecule has 0 aliphatic heterocycles. The van der Waals surface area contributed by atoms with Crippen LogP contribution in [0.1, 0.15) is 0 Å². The molecule has 1 aromatic carbocycles. The van der Waals surface area contributed by atoms with Gasteiger partial charge in [-0.1, -0.05) is 23.5 Å². The monoisotopic (exact) mass is 431 g/mol. The number of ether oxygens (including phenoxy) is 2. The summed E-state index contributed by atoms with van der Waals surface area (Å²) in [5, 5.41) is 16.4. The molecule has 0 aliphatic carbocycles. The Balaban J connectivity index is 1.63. The SMILES string of the molecule is COCCNc1nnc(Sc2ncnc3scc(-c4ccc(OC)cc4)c23)s1. The van der Waals surface area contributed by atoms with Crippen molar-refractivity contribution in [2.24, 2.45) is 0 Å². The molecule has 0 aliphatic rings. The standard InChI is InChI=1S/C18H17N5O2S3/c1-24-8-7-19-17-22-23-18(28-17)27-16-14-13(9-26-15(14)20-10-21-16)11-3-5-12(25-2)6-4-11/h3-6,9-10H,7-8H2,1-2H3,(H,19,22). The van der Waals surface area contributed by atoms with Crippen LogP contribution in [0.3, 0.4) is 0 Å². The number of nitrogens with one attached hydrogen (secondary N) is 1. The van der Waals surface area contributed by atoms with Gasteiger partial charge in [0, 0.05) is 24.6 Å². The van der Waals surface area contributed by atoms with E-state index in [2.05, 4.69) is 30.9 Å². The first-order valence-corrected chi connectivity index (χ1v) is 10.9. The lowest BCUT2D eigenvalue weighted by molar-refractivity contribution is 0.211. The fraction of sp³-hybridized carbons (Fsp3) is 0.222. The van der Waals surface area contributed by atoms with E-state index in [9.17, 15) is 0 Å². The summed E-state index contributed by atoms with van der Waals surface area (Å²) >= 11 is 4.61. The zero-order valence-electron chi connectivity index (χ0n) is 15.2. The van der Waals surface area contributed by atoms with E-state index in [1.54, 1.807) is 31.9 Å². The summed E-state index contributed by atoms with van der Waals surface area (Å²) in [5.74, 6) is 0.830. The summed E-state index contributed by atoms with van der Waals surface area (Å²) < 4.78 is 11.1. The minimum atomic E-state index is 0.620. The third-order valence-corrected chi connectivity index (χ3v) is 6.73. The highest BCUT2D eigenvalue weighted by atomic mass is 32.2. The topological polar surface area (TPSA) is 82.0 Å². The Morgan fingerprint density at radius 2 is 1.96 bits per heavy atom. The number of aromatic nitrogens is 4. The molecule has 1 N–H and O–H groups in total. The van der Waals surface area contributed by atoms with Crippen molar-refractivity contribution in [1.82, 2.24) is 20.2 Å². The van der Waals surface area contributed by atoms with Crippen molar-refractivity contribution < 1.29 is 9.47 Å². The van der Waals surface area contributed by atoms with Gasteiger partial charge < -0.3 is 14.8 Å². The molecule has 7 nitrogen and oxygen atoms in total. The Kier molecular flexibility index (Phi) is 6.01. The van der Waals surface area contributed by atoms with E-state index in [-0.39, 0.29) is 0 Å². The van der Waals surface area contributed by atoms with Gasteiger partial charge in [-0.2, -0.15) is 0 Å². The number of rotatable bonds is 8. The van der Waals surface area contributed by atoms with Crippen LogP contribution in [-0.2, 0) is 4.74 Å². The fourth-order valence-electron chi connectivity index (χ4n) is 2.57. The van der Waals surface area contributed by atoms with Crippen molar-refractivity contribution in [3.63, 3.8) is 0 Å². The minimum absolute atomic E-state index is 0.620. The molecule has 3 aromatic heterocycles. The van der Waals surface area contributed by atoms with Gasteiger partial charge in [-0.25, -0.2) is 9.97 Å². The maximum atomic E-state index is 5.26. The molecular weight excluding hydrogens is 414 g/mol. The van der Waals surface area contributed by atoms with Crippen molar-refractivity contribution >= 4 is 49.8 Å². The lowest BCUT2D eigenvalue weighted by atomic mass is 10.1. The van der Waals surface area contributed by atoms with Gasteiger partial charge in [0.2, 0.25) is 5.13 Å². The molecule has 0 saturated heterocycles. The predicted molar refractivity (Wildman–Crippen MR) is 114 cm³/mol. The van der Waals surface area contributed by atoms with E-state index in [0.29, 0.717) is 13.2 Å². The Labute approximate surface area is 174 Å². The second-order valence-corrected chi connectivity index (χ2v) is 8.70. The highest BCUT2D eigenvalue weighted by Crippen LogP contribution is 2.41. The summed E-state index contributed by atoms with van der Waals surface area (Å²) in [7, 11) is 3.34. The third kappa shape index (κ3) is 4.09. The number of anilines is 1. The smallest absolute Gasteiger partial charge is 0.206 e. The quantitative estimate of drug-likeness (QED) is 0.324. The molecule has 0 spiro atoms. The number of benzene rings is 1. The summed E-state index contributed by atoms with van der Waals surface area (Å²) in [4.78, 5) is 9.89. The average molecular weight is 432 g/mol. The van der Waals surface area contributed by atoms with Crippen molar-refractivity contribution in [1.29, 1.82) is 0 Å². The lowest BCUT2D eigenvalue weighted by Gasteiger charge is -2.05. The van der Waals surface area contributed by atoms with Gasteiger partial charge in [0.1, 0.15) is 21.9 Å². The largest absolute Gasteiger partial charge is 0.497 e. The van der Waals surface area contributed by atoms with Gasteiger partial charge in [0.15, 0.2) is 4.34 Å². The second kappa shape index (κ2) is 8.82. The highest BCUT2D eigenvalue weighted by molar-refractivity contribution is 8.01. The number of thiophene rings is 1. The number of fused-ring (bicyclic) bond motifs is 1. The van der Waals surface area contributed by atoms with E-state index in [0.717, 1.165) is 41.6 Å². The molecule has 10 heteroatoms. The van der Waals surface area contributed by atoms with E-state index in [1.165, 1.54) is 23.1 Å². The van der Waals surface area contributed by atoms with Crippen molar-refractivity contribution in [2.45, 2.75) is 9.37 Å². The zero-order valence-corrected chi connectivity index (χ0v) is 17.7. The molecule has 0 fully saturated rings. The molecule has 28 heavy (non-hydrogen) atoms. The van der Waals surface area contributed by atoms with Gasteiger partial charge in [-0.05, 0) is 29.5 Å². The maximum Gasteiger partial charge on any atom is 0.206 e. The van der Waals surface area contributed by atoms with Crippen LogP contribution in [0, 0.1) is 0 Å². The fourth-order valence-corrected chi connectivity index (χ4v) is 5.35. The van der Waals surface area contributed by atoms with Crippen LogP contribution < -0.4 is 10.1 Å². The molecule has 0 radical (unpaired) electrons. The zero-order chi connectivity index (χ0) is 19.3.